The molecule has 2 aliphatic rings. The van der Waals surface area contributed by atoms with Gasteiger partial charge in [0.1, 0.15) is 5.58 Å². The average molecular weight is 524 g/mol. The second-order valence-corrected chi connectivity index (χ2v) is 12.1. The molecule has 0 spiro atoms. The van der Waals surface area contributed by atoms with Crippen LogP contribution in [-0.2, 0) is 28.6 Å². The van der Waals surface area contributed by atoms with Gasteiger partial charge in [0.25, 0.3) is 5.22 Å². The second-order valence-electron chi connectivity index (χ2n) is 9.22. The van der Waals surface area contributed by atoms with Crippen LogP contribution < -0.4 is 5.63 Å². The molecular formula is C26H25N3O5S2. The Hall–Kier alpha value is -2.95. The summed E-state index contributed by atoms with van der Waals surface area (Å²) in [6.45, 7) is 1.09. The fourth-order valence-corrected chi connectivity index (χ4v) is 7.30. The Labute approximate surface area is 212 Å². The summed E-state index contributed by atoms with van der Waals surface area (Å²) < 4.78 is 39.0. The zero-order valence-corrected chi connectivity index (χ0v) is 21.2. The number of sulfonamides is 1. The van der Waals surface area contributed by atoms with E-state index in [2.05, 4.69) is 16.3 Å². The maximum atomic E-state index is 13.1. The third-order valence-electron chi connectivity index (χ3n) is 6.83. The van der Waals surface area contributed by atoms with Gasteiger partial charge in [-0.25, -0.2) is 13.2 Å². The van der Waals surface area contributed by atoms with Crippen molar-refractivity contribution < 1.29 is 17.3 Å². The summed E-state index contributed by atoms with van der Waals surface area (Å²) in [6, 6.07) is 12.3. The molecule has 3 heterocycles. The van der Waals surface area contributed by atoms with Crippen LogP contribution in [0.15, 0.2) is 66.2 Å². The molecule has 8 nitrogen and oxygen atoms in total. The van der Waals surface area contributed by atoms with E-state index in [4.69, 9.17) is 8.83 Å². The van der Waals surface area contributed by atoms with Gasteiger partial charge < -0.3 is 8.83 Å². The van der Waals surface area contributed by atoms with E-state index in [9.17, 15) is 13.2 Å². The lowest BCUT2D eigenvalue weighted by atomic mass is 10.0. The van der Waals surface area contributed by atoms with Gasteiger partial charge in [-0.1, -0.05) is 24.2 Å². The Balaban J connectivity index is 1.23. The summed E-state index contributed by atoms with van der Waals surface area (Å²) in [4.78, 5) is 12.4. The highest BCUT2D eigenvalue weighted by Gasteiger charge is 2.26. The van der Waals surface area contributed by atoms with E-state index in [0.717, 1.165) is 49.5 Å². The highest BCUT2D eigenvalue weighted by molar-refractivity contribution is 7.98. The molecule has 186 valence electrons. The smallest absolute Gasteiger partial charge is 0.336 e. The Bertz CT molecular complexity index is 1600. The van der Waals surface area contributed by atoms with Gasteiger partial charge >= 0.3 is 5.63 Å². The molecule has 1 fully saturated rings. The summed E-state index contributed by atoms with van der Waals surface area (Å²) in [5, 5.41) is 9.54. The van der Waals surface area contributed by atoms with Crippen LogP contribution >= 0.6 is 11.8 Å². The van der Waals surface area contributed by atoms with Crippen molar-refractivity contribution in [2.24, 2.45) is 0 Å². The minimum Gasteiger partial charge on any atom is -0.423 e. The van der Waals surface area contributed by atoms with Gasteiger partial charge in [0.15, 0.2) is 0 Å². The van der Waals surface area contributed by atoms with Crippen molar-refractivity contribution in [2.75, 3.05) is 13.1 Å². The number of aryl methyl sites for hydroxylation is 2. The van der Waals surface area contributed by atoms with Gasteiger partial charge in [0.05, 0.1) is 4.90 Å². The molecule has 10 heteroatoms. The molecule has 0 bridgehead atoms. The van der Waals surface area contributed by atoms with Crippen molar-refractivity contribution >= 4 is 32.8 Å². The summed E-state index contributed by atoms with van der Waals surface area (Å²) in [5.41, 5.74) is 4.19. The molecule has 0 atom stereocenters. The third-order valence-corrected chi connectivity index (χ3v) is 9.60. The predicted molar refractivity (Wildman–Crippen MR) is 136 cm³/mol. The van der Waals surface area contributed by atoms with Crippen molar-refractivity contribution in [2.45, 2.75) is 54.4 Å². The molecule has 2 aromatic carbocycles. The zero-order chi connectivity index (χ0) is 24.7. The normalized spacial score (nSPS) is 16.4. The van der Waals surface area contributed by atoms with Gasteiger partial charge in [-0.05, 0) is 79.1 Å². The lowest BCUT2D eigenvalue weighted by molar-refractivity contribution is 0.346. The first-order chi connectivity index (χ1) is 17.5. The van der Waals surface area contributed by atoms with Gasteiger partial charge in [-0.15, -0.1) is 10.2 Å². The number of fused-ring (bicyclic) bond motifs is 2. The van der Waals surface area contributed by atoms with Crippen molar-refractivity contribution in [1.82, 2.24) is 14.5 Å². The molecule has 0 unspecified atom stereocenters. The van der Waals surface area contributed by atoms with Crippen LogP contribution in [0.25, 0.3) is 22.4 Å². The number of hydrogen-bond acceptors (Lipinski definition) is 8. The van der Waals surface area contributed by atoms with Gasteiger partial charge in [0.2, 0.25) is 15.9 Å². The van der Waals surface area contributed by atoms with Crippen LogP contribution in [-0.4, -0.2) is 36.0 Å². The largest absolute Gasteiger partial charge is 0.423 e. The fraction of sp³-hybridized carbons (Fsp3) is 0.346. The monoisotopic (exact) mass is 523 g/mol. The van der Waals surface area contributed by atoms with E-state index < -0.39 is 10.0 Å². The second kappa shape index (κ2) is 9.49. The molecule has 36 heavy (non-hydrogen) atoms. The highest BCUT2D eigenvalue weighted by Crippen LogP contribution is 2.32. The predicted octanol–water partition coefficient (Wildman–Crippen LogP) is 4.80. The number of aromatic nitrogens is 2. The molecule has 0 radical (unpaired) electrons. The minimum atomic E-state index is -3.56. The number of piperidine rings is 1. The molecule has 1 aliphatic heterocycles. The first kappa shape index (κ1) is 23.4. The van der Waals surface area contributed by atoms with E-state index in [1.54, 1.807) is 28.6 Å². The standard InChI is InChI=1S/C26H25N3O5S2/c30-24-15-20(22-13-17-6-4-7-18(17)14-23(22)33-24)16-35-26-28-27-25(34-26)19-8-5-9-21(12-19)36(31,32)29-10-2-1-3-11-29/h5,8-9,12-15H,1-4,6-7,10-11,16H2. The topological polar surface area (TPSA) is 107 Å². The number of rotatable bonds is 6. The van der Waals surface area contributed by atoms with Crippen LogP contribution in [0.4, 0.5) is 0 Å². The number of nitrogens with zero attached hydrogens (tertiary/aromatic N) is 3. The summed E-state index contributed by atoms with van der Waals surface area (Å²) in [6.07, 6.45) is 5.98. The lowest BCUT2D eigenvalue weighted by Crippen LogP contribution is -2.35. The van der Waals surface area contributed by atoms with Gasteiger partial charge in [-0.3, -0.25) is 0 Å². The maximum Gasteiger partial charge on any atom is 0.336 e. The number of thioether (sulfide) groups is 1. The van der Waals surface area contributed by atoms with E-state index in [1.165, 1.54) is 29.0 Å². The molecule has 0 amide bonds. The molecule has 4 aromatic rings. The van der Waals surface area contributed by atoms with Gasteiger partial charge in [-0.2, -0.15) is 4.31 Å². The molecule has 2 aromatic heterocycles. The van der Waals surface area contributed by atoms with Gasteiger partial charge in [0, 0.05) is 35.9 Å². The average Bonchev–Trinajstić information content (AvgIpc) is 3.56. The fourth-order valence-electron chi connectivity index (χ4n) is 4.98. The lowest BCUT2D eigenvalue weighted by Gasteiger charge is -2.25. The van der Waals surface area contributed by atoms with E-state index in [1.807, 2.05) is 6.07 Å². The molecule has 1 aliphatic carbocycles. The zero-order valence-electron chi connectivity index (χ0n) is 19.6. The summed E-state index contributed by atoms with van der Waals surface area (Å²) in [7, 11) is -3.56. The summed E-state index contributed by atoms with van der Waals surface area (Å²) >= 11 is 1.33. The van der Waals surface area contributed by atoms with Crippen LogP contribution in [0.5, 0.6) is 0 Å². The van der Waals surface area contributed by atoms with Crippen LogP contribution in [0.1, 0.15) is 42.4 Å². The van der Waals surface area contributed by atoms with Crippen molar-refractivity contribution in [1.29, 1.82) is 0 Å². The Morgan fingerprint density at radius 3 is 2.56 bits per heavy atom. The maximum absolute atomic E-state index is 13.1. The molecule has 0 saturated carbocycles. The molecule has 0 N–H and O–H groups in total. The Morgan fingerprint density at radius 2 is 1.72 bits per heavy atom. The number of benzene rings is 2. The van der Waals surface area contributed by atoms with E-state index in [0.29, 0.717) is 35.2 Å². The first-order valence-corrected chi connectivity index (χ1v) is 14.6. The van der Waals surface area contributed by atoms with E-state index in [-0.39, 0.29) is 16.4 Å². The van der Waals surface area contributed by atoms with Crippen LogP contribution in [0.3, 0.4) is 0 Å². The third kappa shape index (κ3) is 4.49. The van der Waals surface area contributed by atoms with Crippen LogP contribution in [0, 0.1) is 0 Å². The number of hydrogen-bond donors (Lipinski definition) is 0. The Morgan fingerprint density at radius 1 is 0.917 bits per heavy atom. The van der Waals surface area contributed by atoms with Crippen molar-refractivity contribution in [3.05, 3.63) is 69.6 Å². The van der Waals surface area contributed by atoms with Crippen molar-refractivity contribution in [3.63, 3.8) is 0 Å². The minimum absolute atomic E-state index is 0.226. The Kier molecular flexibility index (Phi) is 6.18. The van der Waals surface area contributed by atoms with Crippen LogP contribution in [0.2, 0.25) is 0 Å². The molecule has 1 saturated heterocycles. The summed E-state index contributed by atoms with van der Waals surface area (Å²) in [5.74, 6) is 0.717. The SMILES string of the molecule is O=c1cc(CSc2nnc(-c3cccc(S(=O)(=O)N4CCCCC4)c3)o2)c2cc3c(cc2o1)CCC3. The quantitative estimate of drug-likeness (QED) is 0.262. The van der Waals surface area contributed by atoms with E-state index >= 15 is 0 Å². The first-order valence-electron chi connectivity index (χ1n) is 12.1. The highest BCUT2D eigenvalue weighted by atomic mass is 32.2. The molecule has 6 rings (SSSR count). The van der Waals surface area contributed by atoms with Crippen molar-refractivity contribution in [3.8, 4) is 11.5 Å². The molecular weight excluding hydrogens is 498 g/mol.